The van der Waals surface area contributed by atoms with Gasteiger partial charge >= 0.3 is 6.03 Å². The zero-order chi connectivity index (χ0) is 23.7. The van der Waals surface area contributed by atoms with Gasteiger partial charge in [-0.15, -0.1) is 0 Å². The van der Waals surface area contributed by atoms with Gasteiger partial charge in [-0.05, 0) is 61.9 Å². The number of likely N-dealkylation sites (tertiary alicyclic amines) is 1. The van der Waals surface area contributed by atoms with E-state index in [4.69, 9.17) is 4.74 Å². The summed E-state index contributed by atoms with van der Waals surface area (Å²) in [4.78, 5) is 31.5. The summed E-state index contributed by atoms with van der Waals surface area (Å²) in [5.41, 5.74) is 2.79. The third kappa shape index (κ3) is 4.86. The molecule has 0 bridgehead atoms. The monoisotopic (exact) mass is 465 g/mol. The Kier molecular flexibility index (Phi) is 6.66. The number of anilines is 1. The number of nitrogens with zero attached hydrogens (tertiary/aromatic N) is 3. The Morgan fingerprint density at radius 3 is 2.38 bits per heavy atom. The molecular formula is C27H32FN3O3. The first-order chi connectivity index (χ1) is 16.5. The van der Waals surface area contributed by atoms with Crippen LogP contribution in [0.3, 0.4) is 0 Å². The fraction of sp³-hybridized carbons (Fsp3) is 0.481. The Labute approximate surface area is 200 Å². The first-order valence-electron chi connectivity index (χ1n) is 12.3. The minimum atomic E-state index is -0.222. The molecule has 3 fully saturated rings. The first-order valence-corrected chi connectivity index (χ1v) is 12.3. The highest BCUT2D eigenvalue weighted by Gasteiger charge is 2.38. The number of piperidine rings is 1. The Morgan fingerprint density at radius 2 is 1.68 bits per heavy atom. The second-order valence-electron chi connectivity index (χ2n) is 9.80. The molecule has 180 valence electrons. The summed E-state index contributed by atoms with van der Waals surface area (Å²) >= 11 is 0. The van der Waals surface area contributed by atoms with Crippen LogP contribution >= 0.6 is 0 Å². The maximum atomic E-state index is 13.3. The van der Waals surface area contributed by atoms with E-state index < -0.39 is 0 Å². The molecule has 2 aromatic carbocycles. The van der Waals surface area contributed by atoms with Crippen LogP contribution in [-0.4, -0.2) is 60.6 Å². The SMILES string of the molecule is Cc1ccc(N2C(=O)CCN(C3CCN(CC4COC(c5ccc(F)cc5)C4)CC3)C2=O)cc1. The predicted octanol–water partition coefficient (Wildman–Crippen LogP) is 4.54. The number of aryl methyl sites for hydroxylation is 1. The van der Waals surface area contributed by atoms with Gasteiger partial charge in [0.15, 0.2) is 0 Å². The molecule has 3 aliphatic rings. The smallest absolute Gasteiger partial charge is 0.331 e. The third-order valence-corrected chi connectivity index (χ3v) is 7.38. The van der Waals surface area contributed by atoms with E-state index >= 15 is 0 Å². The highest BCUT2D eigenvalue weighted by Crippen LogP contribution is 2.34. The lowest BCUT2D eigenvalue weighted by Crippen LogP contribution is -2.58. The normalized spacial score (nSPS) is 24.8. The number of hydrogen-bond acceptors (Lipinski definition) is 4. The number of rotatable bonds is 5. The summed E-state index contributed by atoms with van der Waals surface area (Å²) in [6.07, 6.45) is 3.18. The molecule has 0 aromatic heterocycles. The second-order valence-corrected chi connectivity index (χ2v) is 9.80. The Hall–Kier alpha value is -2.77. The summed E-state index contributed by atoms with van der Waals surface area (Å²) in [7, 11) is 0. The van der Waals surface area contributed by atoms with Crippen molar-refractivity contribution >= 4 is 17.6 Å². The molecule has 2 atom stereocenters. The molecule has 5 rings (SSSR count). The molecule has 3 aliphatic heterocycles. The highest BCUT2D eigenvalue weighted by molar-refractivity contribution is 6.15. The predicted molar refractivity (Wildman–Crippen MR) is 128 cm³/mol. The molecule has 0 N–H and O–H groups in total. The van der Waals surface area contributed by atoms with Gasteiger partial charge < -0.3 is 14.5 Å². The zero-order valence-electron chi connectivity index (χ0n) is 19.7. The molecule has 6 nitrogen and oxygen atoms in total. The van der Waals surface area contributed by atoms with Gasteiger partial charge in [0, 0.05) is 38.6 Å². The van der Waals surface area contributed by atoms with Crippen molar-refractivity contribution in [1.82, 2.24) is 9.80 Å². The highest BCUT2D eigenvalue weighted by atomic mass is 19.1. The molecule has 0 radical (unpaired) electrons. The van der Waals surface area contributed by atoms with Gasteiger partial charge in [0.2, 0.25) is 5.91 Å². The van der Waals surface area contributed by atoms with Crippen LogP contribution in [0.15, 0.2) is 48.5 Å². The van der Waals surface area contributed by atoms with Crippen molar-refractivity contribution in [2.75, 3.05) is 37.7 Å². The molecular weight excluding hydrogens is 433 g/mol. The van der Waals surface area contributed by atoms with Crippen molar-refractivity contribution < 1.29 is 18.7 Å². The zero-order valence-corrected chi connectivity index (χ0v) is 19.7. The van der Waals surface area contributed by atoms with E-state index in [-0.39, 0.29) is 29.9 Å². The van der Waals surface area contributed by atoms with Crippen LogP contribution < -0.4 is 4.90 Å². The van der Waals surface area contributed by atoms with Gasteiger partial charge in [0.05, 0.1) is 18.4 Å². The fourth-order valence-corrected chi connectivity index (χ4v) is 5.45. The summed E-state index contributed by atoms with van der Waals surface area (Å²) in [6, 6.07) is 14.1. The minimum absolute atomic E-state index is 0.0411. The van der Waals surface area contributed by atoms with Crippen LogP contribution in [0.2, 0.25) is 0 Å². The number of urea groups is 1. The van der Waals surface area contributed by atoms with E-state index in [2.05, 4.69) is 4.90 Å². The van der Waals surface area contributed by atoms with Crippen LogP contribution in [0.5, 0.6) is 0 Å². The lowest BCUT2D eigenvalue weighted by molar-refractivity contribution is -0.119. The van der Waals surface area contributed by atoms with E-state index in [1.807, 2.05) is 48.2 Å². The maximum absolute atomic E-state index is 13.3. The van der Waals surface area contributed by atoms with Gasteiger partial charge in [0.25, 0.3) is 0 Å². The van der Waals surface area contributed by atoms with E-state index in [0.29, 0.717) is 24.6 Å². The number of carbonyl (C=O) groups is 2. The molecule has 3 amide bonds. The van der Waals surface area contributed by atoms with Crippen molar-refractivity contribution in [3.05, 3.63) is 65.5 Å². The Morgan fingerprint density at radius 1 is 0.971 bits per heavy atom. The number of amides is 3. The van der Waals surface area contributed by atoms with Crippen molar-refractivity contribution in [1.29, 1.82) is 0 Å². The number of ether oxygens (including phenoxy) is 1. The minimum Gasteiger partial charge on any atom is -0.373 e. The van der Waals surface area contributed by atoms with Crippen LogP contribution in [-0.2, 0) is 9.53 Å². The summed E-state index contributed by atoms with van der Waals surface area (Å²) in [5, 5.41) is 0. The molecule has 3 saturated heterocycles. The van der Waals surface area contributed by atoms with Crippen LogP contribution in [0.4, 0.5) is 14.9 Å². The first kappa shape index (κ1) is 23.0. The average Bonchev–Trinajstić information content (AvgIpc) is 3.30. The van der Waals surface area contributed by atoms with Crippen molar-refractivity contribution in [2.24, 2.45) is 5.92 Å². The third-order valence-electron chi connectivity index (χ3n) is 7.38. The van der Waals surface area contributed by atoms with Gasteiger partial charge in [-0.2, -0.15) is 0 Å². The van der Waals surface area contributed by atoms with E-state index in [1.54, 1.807) is 0 Å². The van der Waals surface area contributed by atoms with Crippen molar-refractivity contribution in [2.45, 2.75) is 44.8 Å². The summed E-state index contributed by atoms with van der Waals surface area (Å²) < 4.78 is 19.2. The van der Waals surface area contributed by atoms with Crippen molar-refractivity contribution in [3.8, 4) is 0 Å². The van der Waals surface area contributed by atoms with Crippen LogP contribution in [0.1, 0.15) is 42.9 Å². The van der Waals surface area contributed by atoms with Gasteiger partial charge in [-0.1, -0.05) is 29.8 Å². The van der Waals surface area contributed by atoms with Gasteiger partial charge in [-0.3, -0.25) is 4.79 Å². The number of benzene rings is 2. The Balaban J connectivity index is 1.14. The van der Waals surface area contributed by atoms with Gasteiger partial charge in [0.1, 0.15) is 5.82 Å². The maximum Gasteiger partial charge on any atom is 0.331 e. The largest absolute Gasteiger partial charge is 0.373 e. The number of imide groups is 1. The molecule has 0 spiro atoms. The number of carbonyl (C=O) groups excluding carboxylic acids is 2. The Bertz CT molecular complexity index is 1020. The molecule has 7 heteroatoms. The van der Waals surface area contributed by atoms with E-state index in [0.717, 1.165) is 56.6 Å². The molecule has 0 saturated carbocycles. The van der Waals surface area contributed by atoms with E-state index in [9.17, 15) is 14.0 Å². The van der Waals surface area contributed by atoms with E-state index in [1.165, 1.54) is 17.0 Å². The fourth-order valence-electron chi connectivity index (χ4n) is 5.45. The summed E-state index contributed by atoms with van der Waals surface area (Å²) in [5.74, 6) is 0.108. The molecule has 3 heterocycles. The topological polar surface area (TPSA) is 53.1 Å². The second kappa shape index (κ2) is 9.84. The molecule has 34 heavy (non-hydrogen) atoms. The lowest BCUT2D eigenvalue weighted by Gasteiger charge is -2.43. The van der Waals surface area contributed by atoms with Gasteiger partial charge in [-0.25, -0.2) is 14.1 Å². The molecule has 2 unspecified atom stereocenters. The molecule has 0 aliphatic carbocycles. The van der Waals surface area contributed by atoms with Crippen molar-refractivity contribution in [3.63, 3.8) is 0 Å². The average molecular weight is 466 g/mol. The van der Waals surface area contributed by atoms with Crippen LogP contribution in [0.25, 0.3) is 0 Å². The number of hydrogen-bond donors (Lipinski definition) is 0. The standard InChI is InChI=1S/C27H32FN3O3/c1-19-2-8-24(9-3-19)31-26(32)12-15-30(27(31)33)23-10-13-29(14-11-23)17-20-16-25(34-18-20)21-4-6-22(28)7-5-21/h2-9,20,23,25H,10-18H2,1H3. The quantitative estimate of drug-likeness (QED) is 0.651. The molecule has 2 aromatic rings. The van der Waals surface area contributed by atoms with Crippen LogP contribution in [0, 0.1) is 18.7 Å². The summed E-state index contributed by atoms with van der Waals surface area (Å²) in [6.45, 7) is 6.06. The lowest BCUT2D eigenvalue weighted by atomic mass is 9.97. The number of halogens is 1.